The molecule has 0 aliphatic carbocycles. The summed E-state index contributed by atoms with van der Waals surface area (Å²) >= 11 is 1.41. The van der Waals surface area contributed by atoms with Gasteiger partial charge in [0.25, 0.3) is 0 Å². The van der Waals surface area contributed by atoms with Gasteiger partial charge in [0.15, 0.2) is 10.9 Å². The average molecular weight is 380 g/mol. The monoisotopic (exact) mass is 379 g/mol. The van der Waals surface area contributed by atoms with Gasteiger partial charge in [0.2, 0.25) is 10.0 Å². The highest BCUT2D eigenvalue weighted by Crippen LogP contribution is 2.24. The zero-order valence-electron chi connectivity index (χ0n) is 14.0. The van der Waals surface area contributed by atoms with Crippen molar-refractivity contribution in [2.75, 3.05) is 25.0 Å². The highest BCUT2D eigenvalue weighted by molar-refractivity contribution is 7.89. The van der Waals surface area contributed by atoms with Crippen molar-refractivity contribution in [2.45, 2.75) is 24.7 Å². The first-order valence-corrected chi connectivity index (χ1v) is 10.6. The minimum atomic E-state index is -3.56. The number of anilines is 1. The van der Waals surface area contributed by atoms with Crippen molar-refractivity contribution >= 4 is 32.3 Å². The summed E-state index contributed by atoms with van der Waals surface area (Å²) in [4.78, 5) is 16.6. The third kappa shape index (κ3) is 4.26. The second kappa shape index (κ2) is 7.63. The molecule has 1 saturated heterocycles. The Morgan fingerprint density at radius 2 is 2.28 bits per heavy atom. The molecule has 0 bridgehead atoms. The zero-order chi connectivity index (χ0) is 17.9. The van der Waals surface area contributed by atoms with Gasteiger partial charge in [0.1, 0.15) is 0 Å². The van der Waals surface area contributed by atoms with E-state index in [-0.39, 0.29) is 17.2 Å². The third-order valence-corrected chi connectivity index (χ3v) is 6.84. The van der Waals surface area contributed by atoms with Gasteiger partial charge in [-0.05, 0) is 30.9 Å². The lowest BCUT2D eigenvalue weighted by atomic mass is 10.0. The van der Waals surface area contributed by atoms with Crippen molar-refractivity contribution in [3.63, 3.8) is 0 Å². The summed E-state index contributed by atoms with van der Waals surface area (Å²) in [6, 6.07) is 6.29. The Balaban J connectivity index is 1.75. The number of hydrogen-bond donors (Lipinski definition) is 1. The van der Waals surface area contributed by atoms with Crippen molar-refractivity contribution in [1.29, 1.82) is 0 Å². The molecule has 25 heavy (non-hydrogen) atoms. The van der Waals surface area contributed by atoms with Crippen molar-refractivity contribution < 1.29 is 13.2 Å². The number of carbonyl (C=O) groups excluding carboxylic acids is 1. The van der Waals surface area contributed by atoms with Gasteiger partial charge in [0, 0.05) is 30.2 Å². The highest BCUT2D eigenvalue weighted by atomic mass is 32.2. The maximum absolute atomic E-state index is 12.8. The molecule has 1 aromatic carbocycles. The largest absolute Gasteiger partial charge is 0.354 e. The van der Waals surface area contributed by atoms with Gasteiger partial charge in [-0.25, -0.2) is 13.4 Å². The lowest BCUT2D eigenvalue weighted by Gasteiger charge is -2.30. The molecule has 0 amide bonds. The zero-order valence-corrected chi connectivity index (χ0v) is 15.6. The summed E-state index contributed by atoms with van der Waals surface area (Å²) in [5.74, 6) is 0.190. The molecule has 1 atom stereocenters. The van der Waals surface area contributed by atoms with Gasteiger partial charge < -0.3 is 5.32 Å². The van der Waals surface area contributed by atoms with Crippen LogP contribution in [0.3, 0.4) is 0 Å². The fourth-order valence-electron chi connectivity index (χ4n) is 2.91. The van der Waals surface area contributed by atoms with Crippen LogP contribution in [-0.2, 0) is 10.0 Å². The van der Waals surface area contributed by atoms with E-state index < -0.39 is 10.0 Å². The van der Waals surface area contributed by atoms with E-state index in [1.165, 1.54) is 21.7 Å². The predicted molar refractivity (Wildman–Crippen MR) is 98.5 cm³/mol. The van der Waals surface area contributed by atoms with E-state index in [0.29, 0.717) is 29.7 Å². The van der Waals surface area contributed by atoms with Crippen LogP contribution in [0.15, 0.2) is 40.7 Å². The summed E-state index contributed by atoms with van der Waals surface area (Å²) < 4.78 is 27.2. The normalized spacial score (nSPS) is 18.8. The Labute approximate surface area is 151 Å². The number of hydrogen-bond acceptors (Lipinski definition) is 6. The van der Waals surface area contributed by atoms with Crippen LogP contribution in [0.2, 0.25) is 0 Å². The number of piperidine rings is 1. The van der Waals surface area contributed by atoms with Crippen LogP contribution in [0, 0.1) is 5.92 Å². The standard InChI is InChI=1S/C17H21N3O3S2/c1-13-4-3-8-20(12-13)25(22,23)15-6-2-5-14(10-15)16(21)11-19-17-18-7-9-24-17/h2,5-7,9-10,13H,3-4,8,11-12H2,1H3,(H,18,19). The summed E-state index contributed by atoms with van der Waals surface area (Å²) in [6.07, 6.45) is 3.58. The second-order valence-electron chi connectivity index (χ2n) is 6.25. The van der Waals surface area contributed by atoms with Crippen molar-refractivity contribution in [3.05, 3.63) is 41.4 Å². The number of carbonyl (C=O) groups is 1. The lowest BCUT2D eigenvalue weighted by Crippen LogP contribution is -2.39. The van der Waals surface area contributed by atoms with Gasteiger partial charge in [-0.1, -0.05) is 19.1 Å². The van der Waals surface area contributed by atoms with Crippen molar-refractivity contribution in [2.24, 2.45) is 5.92 Å². The molecule has 3 rings (SSSR count). The number of Topliss-reactive ketones (excluding diaryl/α,β-unsaturated/α-hetero) is 1. The van der Waals surface area contributed by atoms with E-state index in [1.54, 1.807) is 24.4 Å². The molecule has 1 N–H and O–H groups in total. The van der Waals surface area contributed by atoms with Crippen LogP contribution >= 0.6 is 11.3 Å². The molecule has 0 radical (unpaired) electrons. The van der Waals surface area contributed by atoms with Gasteiger partial charge in [-0.15, -0.1) is 11.3 Å². The molecule has 1 unspecified atom stereocenters. The number of benzene rings is 1. The topological polar surface area (TPSA) is 79.4 Å². The average Bonchev–Trinajstić information content (AvgIpc) is 3.13. The molecule has 2 aromatic rings. The molecule has 0 saturated carbocycles. The number of thiazole rings is 1. The summed E-state index contributed by atoms with van der Waals surface area (Å²) in [6.45, 7) is 3.21. The molecule has 134 valence electrons. The molecular weight excluding hydrogens is 358 g/mol. The molecule has 1 aromatic heterocycles. The minimum absolute atomic E-state index is 0.0811. The molecule has 1 fully saturated rings. The first-order chi connectivity index (χ1) is 12.0. The third-order valence-electron chi connectivity index (χ3n) is 4.25. The maximum Gasteiger partial charge on any atom is 0.243 e. The summed E-state index contributed by atoms with van der Waals surface area (Å²) in [7, 11) is -3.56. The first-order valence-electron chi connectivity index (χ1n) is 8.23. The fourth-order valence-corrected chi connectivity index (χ4v) is 5.08. The second-order valence-corrected chi connectivity index (χ2v) is 9.08. The first kappa shape index (κ1) is 18.0. The highest BCUT2D eigenvalue weighted by Gasteiger charge is 2.29. The van der Waals surface area contributed by atoms with Crippen molar-refractivity contribution in [3.8, 4) is 0 Å². The number of nitrogens with zero attached hydrogens (tertiary/aromatic N) is 2. The molecule has 1 aliphatic rings. The number of aromatic nitrogens is 1. The van der Waals surface area contributed by atoms with E-state index in [0.717, 1.165) is 12.8 Å². The molecule has 6 nitrogen and oxygen atoms in total. The lowest BCUT2D eigenvalue weighted by molar-refractivity contribution is 0.101. The minimum Gasteiger partial charge on any atom is -0.354 e. The van der Waals surface area contributed by atoms with Crippen LogP contribution in [0.4, 0.5) is 5.13 Å². The fraction of sp³-hybridized carbons (Fsp3) is 0.412. The van der Waals surface area contributed by atoms with E-state index in [4.69, 9.17) is 0 Å². The van der Waals surface area contributed by atoms with Crippen LogP contribution < -0.4 is 5.32 Å². The summed E-state index contributed by atoms with van der Waals surface area (Å²) in [5, 5.41) is 5.43. The van der Waals surface area contributed by atoms with Crippen molar-refractivity contribution in [1.82, 2.24) is 9.29 Å². The van der Waals surface area contributed by atoms with E-state index >= 15 is 0 Å². The molecule has 2 heterocycles. The molecular formula is C17H21N3O3S2. The van der Waals surface area contributed by atoms with Crippen LogP contribution in [0.5, 0.6) is 0 Å². The Morgan fingerprint density at radius 1 is 1.44 bits per heavy atom. The number of ketones is 1. The van der Waals surface area contributed by atoms with Gasteiger partial charge in [-0.3, -0.25) is 4.79 Å². The molecule has 1 aliphatic heterocycles. The van der Waals surface area contributed by atoms with E-state index in [1.807, 2.05) is 5.38 Å². The number of sulfonamides is 1. The van der Waals surface area contributed by atoms with Gasteiger partial charge in [-0.2, -0.15) is 4.31 Å². The Morgan fingerprint density at radius 3 is 3.00 bits per heavy atom. The van der Waals surface area contributed by atoms with Gasteiger partial charge in [0.05, 0.1) is 11.4 Å². The molecule has 8 heteroatoms. The number of rotatable bonds is 6. The van der Waals surface area contributed by atoms with Gasteiger partial charge >= 0.3 is 0 Å². The van der Waals surface area contributed by atoms with Crippen LogP contribution in [-0.4, -0.2) is 43.1 Å². The Hall–Kier alpha value is -1.77. The Bertz CT molecular complexity index is 835. The van der Waals surface area contributed by atoms with Crippen LogP contribution in [0.1, 0.15) is 30.1 Å². The molecule has 0 spiro atoms. The van der Waals surface area contributed by atoms with E-state index in [9.17, 15) is 13.2 Å². The van der Waals surface area contributed by atoms with Crippen LogP contribution in [0.25, 0.3) is 0 Å². The maximum atomic E-state index is 12.8. The van der Waals surface area contributed by atoms with E-state index in [2.05, 4.69) is 17.2 Å². The Kier molecular flexibility index (Phi) is 5.51. The SMILES string of the molecule is CC1CCCN(S(=O)(=O)c2cccc(C(=O)CNc3nccs3)c2)C1. The predicted octanol–water partition coefficient (Wildman–Crippen LogP) is 2.86. The number of nitrogens with one attached hydrogen (secondary N) is 1. The summed E-state index contributed by atoms with van der Waals surface area (Å²) in [5.41, 5.74) is 0.384. The smallest absolute Gasteiger partial charge is 0.243 e. The quantitative estimate of drug-likeness (QED) is 0.781.